The summed E-state index contributed by atoms with van der Waals surface area (Å²) < 4.78 is 1.81. The Hall–Kier alpha value is -3.22. The topological polar surface area (TPSA) is 75.9 Å². The van der Waals surface area contributed by atoms with Gasteiger partial charge < -0.3 is 10.2 Å². The van der Waals surface area contributed by atoms with E-state index in [1.54, 1.807) is 12.5 Å². The molecule has 3 heterocycles. The number of piperidine rings is 1. The molecule has 4 rings (SSSR count). The van der Waals surface area contributed by atoms with Gasteiger partial charge in [-0.15, -0.1) is 10.2 Å². The summed E-state index contributed by atoms with van der Waals surface area (Å²) in [5, 5.41) is 11.8. The molecule has 0 bridgehead atoms. The molecule has 1 amide bonds. The summed E-state index contributed by atoms with van der Waals surface area (Å²) in [7, 11) is 0. The largest absolute Gasteiger partial charge is 0.354 e. The average molecular weight is 376 g/mol. The maximum Gasteiger partial charge on any atom is 0.229 e. The van der Waals surface area contributed by atoms with E-state index in [-0.39, 0.29) is 11.8 Å². The number of hydrogen-bond acceptors (Lipinski definition) is 5. The second-order valence-electron chi connectivity index (χ2n) is 7.31. The molecule has 144 valence electrons. The normalized spacial score (nSPS) is 16.8. The molecule has 28 heavy (non-hydrogen) atoms. The van der Waals surface area contributed by atoms with Gasteiger partial charge in [-0.3, -0.25) is 9.36 Å². The van der Waals surface area contributed by atoms with Crippen LogP contribution in [0.15, 0.2) is 49.1 Å². The van der Waals surface area contributed by atoms with Gasteiger partial charge in [0.15, 0.2) is 11.6 Å². The minimum absolute atomic E-state index is 0.0659. The number of imidazole rings is 1. The van der Waals surface area contributed by atoms with Crippen molar-refractivity contribution >= 4 is 17.4 Å². The quantitative estimate of drug-likeness (QED) is 0.757. The number of aryl methyl sites for hydroxylation is 2. The molecule has 2 aromatic heterocycles. The Morgan fingerprint density at radius 1 is 1.14 bits per heavy atom. The van der Waals surface area contributed by atoms with E-state index < -0.39 is 0 Å². The van der Waals surface area contributed by atoms with Crippen molar-refractivity contribution in [3.63, 3.8) is 0 Å². The first-order chi connectivity index (χ1) is 13.6. The van der Waals surface area contributed by atoms with Crippen LogP contribution in [0.3, 0.4) is 0 Å². The van der Waals surface area contributed by atoms with Crippen molar-refractivity contribution in [3.8, 4) is 5.82 Å². The summed E-state index contributed by atoms with van der Waals surface area (Å²) in [5.74, 6) is 1.53. The highest BCUT2D eigenvalue weighted by Crippen LogP contribution is 2.24. The lowest BCUT2D eigenvalue weighted by Gasteiger charge is -2.32. The third kappa shape index (κ3) is 3.88. The minimum Gasteiger partial charge on any atom is -0.354 e. The molecule has 0 aliphatic carbocycles. The van der Waals surface area contributed by atoms with E-state index in [1.165, 1.54) is 0 Å². The molecule has 7 heteroatoms. The van der Waals surface area contributed by atoms with Crippen LogP contribution < -0.4 is 10.2 Å². The first-order valence-corrected chi connectivity index (χ1v) is 9.55. The van der Waals surface area contributed by atoms with Gasteiger partial charge >= 0.3 is 0 Å². The van der Waals surface area contributed by atoms with Crippen molar-refractivity contribution in [1.82, 2.24) is 19.7 Å². The van der Waals surface area contributed by atoms with Gasteiger partial charge in [0.25, 0.3) is 0 Å². The number of anilines is 2. The highest BCUT2D eigenvalue weighted by Gasteiger charge is 2.27. The van der Waals surface area contributed by atoms with Crippen molar-refractivity contribution in [2.24, 2.45) is 5.92 Å². The number of benzene rings is 1. The van der Waals surface area contributed by atoms with Crippen LogP contribution in [0.5, 0.6) is 0 Å². The lowest BCUT2D eigenvalue weighted by molar-refractivity contribution is -0.120. The lowest BCUT2D eigenvalue weighted by atomic mass is 9.96. The molecule has 0 spiro atoms. The van der Waals surface area contributed by atoms with E-state index >= 15 is 0 Å². The fraction of sp³-hybridized carbons (Fsp3) is 0.333. The zero-order valence-electron chi connectivity index (χ0n) is 16.2. The first-order valence-electron chi connectivity index (χ1n) is 9.55. The molecule has 1 fully saturated rings. The molecule has 0 saturated carbocycles. The third-order valence-corrected chi connectivity index (χ3v) is 5.17. The van der Waals surface area contributed by atoms with Gasteiger partial charge in [-0.05, 0) is 56.0 Å². The molecular formula is C21H24N6O. The molecule has 1 aliphatic rings. The van der Waals surface area contributed by atoms with Gasteiger partial charge in [-0.1, -0.05) is 12.1 Å². The van der Waals surface area contributed by atoms with Gasteiger partial charge in [0.2, 0.25) is 5.91 Å². The summed E-state index contributed by atoms with van der Waals surface area (Å²) in [5.41, 5.74) is 3.11. The Morgan fingerprint density at radius 2 is 1.96 bits per heavy atom. The van der Waals surface area contributed by atoms with Gasteiger partial charge in [0, 0.05) is 31.2 Å². The first kappa shape index (κ1) is 18.2. The summed E-state index contributed by atoms with van der Waals surface area (Å²) in [6.45, 7) is 5.57. The highest BCUT2D eigenvalue weighted by atomic mass is 16.1. The summed E-state index contributed by atoms with van der Waals surface area (Å²) in [6, 6.07) is 9.99. The van der Waals surface area contributed by atoms with Gasteiger partial charge in [-0.25, -0.2) is 4.98 Å². The van der Waals surface area contributed by atoms with Crippen LogP contribution in [-0.4, -0.2) is 38.7 Å². The fourth-order valence-electron chi connectivity index (χ4n) is 3.52. The molecule has 1 aromatic carbocycles. The van der Waals surface area contributed by atoms with Crippen LogP contribution >= 0.6 is 0 Å². The molecule has 1 saturated heterocycles. The molecular weight excluding hydrogens is 352 g/mol. The SMILES string of the molecule is Cc1ccc(C)c(NC(=O)C2CCCN(c3ccc(-n4ccnc4)nn3)C2)c1. The lowest BCUT2D eigenvalue weighted by Crippen LogP contribution is -2.41. The summed E-state index contributed by atoms with van der Waals surface area (Å²) in [4.78, 5) is 19.0. The Kier molecular flexibility index (Phi) is 5.06. The number of nitrogens with zero attached hydrogens (tertiary/aromatic N) is 5. The number of nitrogens with one attached hydrogen (secondary N) is 1. The van der Waals surface area contributed by atoms with Gasteiger partial charge in [0.1, 0.15) is 6.33 Å². The molecule has 7 nitrogen and oxygen atoms in total. The van der Waals surface area contributed by atoms with E-state index in [2.05, 4.69) is 31.5 Å². The minimum atomic E-state index is -0.0659. The van der Waals surface area contributed by atoms with E-state index in [1.807, 2.05) is 48.9 Å². The number of aromatic nitrogens is 4. The standard InChI is InChI=1S/C21H24N6O/c1-15-5-6-16(2)18(12-15)23-21(28)17-4-3-10-26(13-17)19-7-8-20(25-24-19)27-11-9-22-14-27/h5-9,11-12,14,17H,3-4,10,13H2,1-2H3,(H,23,28). The number of amides is 1. The molecule has 1 aliphatic heterocycles. The highest BCUT2D eigenvalue weighted by molar-refractivity contribution is 5.93. The van der Waals surface area contributed by atoms with Crippen molar-refractivity contribution in [2.75, 3.05) is 23.3 Å². The Morgan fingerprint density at radius 3 is 2.71 bits per heavy atom. The van der Waals surface area contributed by atoms with Crippen LogP contribution in [0.25, 0.3) is 5.82 Å². The second-order valence-corrected chi connectivity index (χ2v) is 7.31. The van der Waals surface area contributed by atoms with Crippen LogP contribution in [0.4, 0.5) is 11.5 Å². The molecule has 1 N–H and O–H groups in total. The molecule has 1 atom stereocenters. The summed E-state index contributed by atoms with van der Waals surface area (Å²) in [6.07, 6.45) is 7.07. The number of rotatable bonds is 4. The fourth-order valence-corrected chi connectivity index (χ4v) is 3.52. The average Bonchev–Trinajstić information content (AvgIpc) is 3.26. The van der Waals surface area contributed by atoms with Crippen LogP contribution in [-0.2, 0) is 4.79 Å². The van der Waals surface area contributed by atoms with Crippen molar-refractivity contribution < 1.29 is 4.79 Å². The van der Waals surface area contributed by atoms with Crippen molar-refractivity contribution in [1.29, 1.82) is 0 Å². The molecule has 0 radical (unpaired) electrons. The van der Waals surface area contributed by atoms with E-state index in [4.69, 9.17) is 0 Å². The monoisotopic (exact) mass is 376 g/mol. The van der Waals surface area contributed by atoms with Gasteiger partial charge in [0.05, 0.1) is 5.92 Å². The second kappa shape index (κ2) is 7.80. The van der Waals surface area contributed by atoms with E-state index in [9.17, 15) is 4.79 Å². The Labute approximate surface area is 164 Å². The van der Waals surface area contributed by atoms with E-state index in [0.717, 1.165) is 47.8 Å². The van der Waals surface area contributed by atoms with Gasteiger partial charge in [-0.2, -0.15) is 0 Å². The zero-order valence-corrected chi connectivity index (χ0v) is 16.2. The Balaban J connectivity index is 1.44. The third-order valence-electron chi connectivity index (χ3n) is 5.17. The number of carbonyl (C=O) groups excluding carboxylic acids is 1. The smallest absolute Gasteiger partial charge is 0.229 e. The number of hydrogen-bond donors (Lipinski definition) is 1. The summed E-state index contributed by atoms with van der Waals surface area (Å²) >= 11 is 0. The molecule has 3 aromatic rings. The predicted octanol–water partition coefficient (Wildman–Crippen LogP) is 3.13. The zero-order chi connectivity index (χ0) is 19.5. The van der Waals surface area contributed by atoms with Crippen LogP contribution in [0.1, 0.15) is 24.0 Å². The predicted molar refractivity (Wildman–Crippen MR) is 109 cm³/mol. The Bertz CT molecular complexity index is 952. The maximum absolute atomic E-state index is 12.8. The van der Waals surface area contributed by atoms with Crippen molar-refractivity contribution in [3.05, 3.63) is 60.2 Å². The molecule has 1 unspecified atom stereocenters. The number of carbonyl (C=O) groups is 1. The van der Waals surface area contributed by atoms with E-state index in [0.29, 0.717) is 6.54 Å². The van der Waals surface area contributed by atoms with Crippen molar-refractivity contribution in [2.45, 2.75) is 26.7 Å². The maximum atomic E-state index is 12.8. The van der Waals surface area contributed by atoms with Crippen LogP contribution in [0, 0.1) is 19.8 Å². The van der Waals surface area contributed by atoms with Crippen LogP contribution in [0.2, 0.25) is 0 Å².